The molecule has 0 radical (unpaired) electrons. The SMILES string of the molecule is COCCCn1nc(C)cc1Nc1nccc(-c2cc(C#N)c3c(c2)[C@@](C)(CO[Si](C)(C)C(C)(C)C)CN3)n1. The van der Waals surface area contributed by atoms with Gasteiger partial charge < -0.3 is 19.8 Å². The van der Waals surface area contributed by atoms with Gasteiger partial charge in [0, 0.05) is 56.7 Å². The minimum Gasteiger partial charge on any atom is -0.416 e. The number of hydrogen-bond donors (Lipinski definition) is 2. The lowest BCUT2D eigenvalue weighted by atomic mass is 9.83. The Hall–Kier alpha value is -3.26. The number of benzene rings is 1. The number of hydrogen-bond acceptors (Lipinski definition) is 8. The molecule has 0 bridgehead atoms. The molecule has 2 aromatic heterocycles. The van der Waals surface area contributed by atoms with Crippen LogP contribution >= 0.6 is 0 Å². The molecule has 0 spiro atoms. The van der Waals surface area contributed by atoms with Gasteiger partial charge >= 0.3 is 0 Å². The highest BCUT2D eigenvalue weighted by Gasteiger charge is 2.42. The third-order valence-corrected chi connectivity index (χ3v) is 12.4. The van der Waals surface area contributed by atoms with Crippen LogP contribution in [-0.4, -0.2) is 54.9 Å². The van der Waals surface area contributed by atoms with Crippen LogP contribution in [0.25, 0.3) is 11.3 Å². The molecular weight excluding hydrogens is 506 g/mol. The summed E-state index contributed by atoms with van der Waals surface area (Å²) in [5.74, 6) is 1.30. The van der Waals surface area contributed by atoms with Crippen molar-refractivity contribution in [1.82, 2.24) is 19.7 Å². The van der Waals surface area contributed by atoms with Gasteiger partial charge in [0.15, 0.2) is 8.32 Å². The van der Waals surface area contributed by atoms with E-state index in [1.54, 1.807) is 13.3 Å². The molecule has 0 saturated heterocycles. The summed E-state index contributed by atoms with van der Waals surface area (Å²) < 4.78 is 13.8. The number of nitrogens with zero attached hydrogens (tertiary/aromatic N) is 5. The number of nitrogens with one attached hydrogen (secondary N) is 2. The van der Waals surface area contributed by atoms with Crippen molar-refractivity contribution in [1.29, 1.82) is 5.26 Å². The maximum absolute atomic E-state index is 10.0. The minimum absolute atomic E-state index is 0.125. The van der Waals surface area contributed by atoms with Crippen molar-refractivity contribution in [2.45, 2.75) is 71.1 Å². The zero-order valence-electron chi connectivity index (χ0n) is 24.5. The summed E-state index contributed by atoms with van der Waals surface area (Å²) in [5, 5.41) is 21.5. The number of aryl methyl sites for hydroxylation is 2. The predicted molar refractivity (Wildman–Crippen MR) is 158 cm³/mol. The third-order valence-electron chi connectivity index (χ3n) is 7.93. The maximum atomic E-state index is 10.0. The molecule has 1 aliphatic heterocycles. The zero-order valence-corrected chi connectivity index (χ0v) is 25.5. The van der Waals surface area contributed by atoms with Gasteiger partial charge in [-0.05, 0) is 55.2 Å². The number of nitriles is 1. The molecule has 0 amide bonds. The highest BCUT2D eigenvalue weighted by Crippen LogP contribution is 2.44. The molecule has 0 fully saturated rings. The molecule has 0 aliphatic carbocycles. The molecule has 39 heavy (non-hydrogen) atoms. The Bertz CT molecular complexity index is 1370. The molecule has 3 heterocycles. The van der Waals surface area contributed by atoms with Crippen LogP contribution in [0.5, 0.6) is 0 Å². The summed E-state index contributed by atoms with van der Waals surface area (Å²) in [6.07, 6.45) is 2.59. The van der Waals surface area contributed by atoms with Crippen LogP contribution in [-0.2, 0) is 21.1 Å². The average Bonchev–Trinajstić information content (AvgIpc) is 3.41. The second-order valence-corrected chi connectivity index (χ2v) is 17.0. The summed E-state index contributed by atoms with van der Waals surface area (Å²) in [4.78, 5) is 9.26. The highest BCUT2D eigenvalue weighted by atomic mass is 28.4. The van der Waals surface area contributed by atoms with Gasteiger partial charge in [0.25, 0.3) is 0 Å². The predicted octanol–water partition coefficient (Wildman–Crippen LogP) is 6.01. The van der Waals surface area contributed by atoms with Crippen LogP contribution in [0.4, 0.5) is 17.5 Å². The second-order valence-electron chi connectivity index (χ2n) is 12.2. The van der Waals surface area contributed by atoms with Crippen molar-refractivity contribution in [3.05, 3.63) is 47.3 Å². The fourth-order valence-corrected chi connectivity index (χ4v) is 5.59. The van der Waals surface area contributed by atoms with E-state index in [9.17, 15) is 5.26 Å². The van der Waals surface area contributed by atoms with Crippen molar-refractivity contribution in [3.8, 4) is 17.3 Å². The topological polar surface area (TPSA) is 110 Å². The molecule has 1 aromatic carbocycles. The van der Waals surface area contributed by atoms with E-state index in [1.165, 1.54) is 0 Å². The average molecular weight is 548 g/mol. The highest BCUT2D eigenvalue weighted by molar-refractivity contribution is 6.74. The molecule has 1 aliphatic rings. The Morgan fingerprint density at radius 2 is 2.03 bits per heavy atom. The lowest BCUT2D eigenvalue weighted by molar-refractivity contribution is 0.189. The van der Waals surface area contributed by atoms with Crippen LogP contribution in [0, 0.1) is 18.3 Å². The van der Waals surface area contributed by atoms with Crippen molar-refractivity contribution >= 4 is 25.8 Å². The number of rotatable bonds is 10. The Balaban J connectivity index is 1.63. The molecule has 10 heteroatoms. The van der Waals surface area contributed by atoms with Gasteiger partial charge in [-0.25, -0.2) is 14.6 Å². The molecule has 9 nitrogen and oxygen atoms in total. The molecule has 208 valence electrons. The van der Waals surface area contributed by atoms with E-state index in [0.29, 0.717) is 24.7 Å². The fraction of sp³-hybridized carbons (Fsp3) is 0.517. The van der Waals surface area contributed by atoms with Crippen molar-refractivity contribution in [2.75, 3.05) is 37.5 Å². The van der Waals surface area contributed by atoms with E-state index < -0.39 is 8.32 Å². The van der Waals surface area contributed by atoms with E-state index in [4.69, 9.17) is 14.1 Å². The van der Waals surface area contributed by atoms with Gasteiger partial charge in [-0.3, -0.25) is 0 Å². The first-order chi connectivity index (χ1) is 18.4. The number of aromatic nitrogens is 4. The summed E-state index contributed by atoms with van der Waals surface area (Å²) in [5.41, 5.74) is 4.87. The number of anilines is 3. The lowest BCUT2D eigenvalue weighted by Crippen LogP contribution is -2.45. The molecule has 0 unspecified atom stereocenters. The molecule has 3 aromatic rings. The Morgan fingerprint density at radius 1 is 1.26 bits per heavy atom. The summed E-state index contributed by atoms with van der Waals surface area (Å²) >= 11 is 0. The molecular formula is C29H41N7O2Si. The van der Waals surface area contributed by atoms with Gasteiger partial charge in [-0.1, -0.05) is 27.7 Å². The number of fused-ring (bicyclic) bond motifs is 1. The van der Waals surface area contributed by atoms with Gasteiger partial charge in [0.2, 0.25) is 5.95 Å². The first kappa shape index (κ1) is 28.7. The third kappa shape index (κ3) is 6.16. The van der Waals surface area contributed by atoms with Gasteiger partial charge in [0.05, 0.1) is 22.6 Å². The van der Waals surface area contributed by atoms with Gasteiger partial charge in [-0.2, -0.15) is 10.4 Å². The van der Waals surface area contributed by atoms with Gasteiger partial charge in [-0.15, -0.1) is 0 Å². The molecule has 2 N–H and O–H groups in total. The maximum Gasteiger partial charge on any atom is 0.228 e. The summed E-state index contributed by atoms with van der Waals surface area (Å²) in [6.45, 7) is 18.2. The Kier molecular flexibility index (Phi) is 8.16. The fourth-order valence-electron chi connectivity index (χ4n) is 4.48. The summed E-state index contributed by atoms with van der Waals surface area (Å²) in [7, 11) is -0.236. The largest absolute Gasteiger partial charge is 0.416 e. The Morgan fingerprint density at radius 3 is 2.72 bits per heavy atom. The first-order valence-corrected chi connectivity index (χ1v) is 16.4. The number of ether oxygens (including phenoxy) is 1. The van der Waals surface area contributed by atoms with E-state index in [1.807, 2.05) is 29.8 Å². The lowest BCUT2D eigenvalue weighted by Gasteiger charge is -2.39. The Labute approximate surface area is 233 Å². The first-order valence-electron chi connectivity index (χ1n) is 13.5. The van der Waals surface area contributed by atoms with E-state index >= 15 is 0 Å². The monoisotopic (exact) mass is 547 g/mol. The van der Waals surface area contributed by atoms with Crippen molar-refractivity contribution in [2.24, 2.45) is 0 Å². The number of methoxy groups -OCH3 is 1. The summed E-state index contributed by atoms with van der Waals surface area (Å²) in [6, 6.07) is 10.3. The molecule has 1 atom stereocenters. The van der Waals surface area contributed by atoms with Crippen LogP contribution < -0.4 is 10.6 Å². The zero-order chi connectivity index (χ0) is 28.4. The molecule has 4 rings (SSSR count). The quantitative estimate of drug-likeness (QED) is 0.235. The smallest absolute Gasteiger partial charge is 0.228 e. The van der Waals surface area contributed by atoms with Crippen LogP contribution in [0.15, 0.2) is 30.5 Å². The van der Waals surface area contributed by atoms with Crippen LogP contribution in [0.3, 0.4) is 0 Å². The van der Waals surface area contributed by atoms with E-state index in [2.05, 4.69) is 73.6 Å². The minimum atomic E-state index is -1.93. The van der Waals surface area contributed by atoms with Crippen molar-refractivity contribution in [3.63, 3.8) is 0 Å². The molecule has 0 saturated carbocycles. The van der Waals surface area contributed by atoms with Gasteiger partial charge in [0.1, 0.15) is 11.9 Å². The van der Waals surface area contributed by atoms with Crippen LogP contribution in [0.1, 0.15) is 50.9 Å². The van der Waals surface area contributed by atoms with Crippen LogP contribution in [0.2, 0.25) is 18.1 Å². The van der Waals surface area contributed by atoms with E-state index in [0.717, 1.165) is 53.5 Å². The normalized spacial score (nSPS) is 17.0. The van der Waals surface area contributed by atoms with E-state index in [-0.39, 0.29) is 10.5 Å². The second kappa shape index (κ2) is 11.1. The standard InChI is InChI=1S/C29H41N7O2Si/c1-20-14-25(36(35-20)12-9-13-37-6)34-27-31-11-10-24(33-27)21-15-22(17-30)26-23(16-21)29(5,18-32-26)19-38-39(7,8)28(2,3)4/h10-11,14-16,32H,9,12-13,18-19H2,1-8H3,(H,31,33,34)/t29-/m1/s1. The van der Waals surface area contributed by atoms with Crippen molar-refractivity contribution < 1.29 is 9.16 Å².